The van der Waals surface area contributed by atoms with Crippen LogP contribution in [0.1, 0.15) is 264 Å². The zero-order valence-electron chi connectivity index (χ0n) is 43.8. The van der Waals surface area contributed by atoms with Crippen LogP contribution in [-0.4, -0.2) is 65.7 Å². The molecule has 68 heavy (non-hydrogen) atoms. The summed E-state index contributed by atoms with van der Waals surface area (Å²) in [6.45, 7) is 2.32. The monoisotopic (exact) mass is 981 g/mol. The third-order valence-electron chi connectivity index (χ3n) is 12.2. The number of esters is 2. The van der Waals surface area contributed by atoms with E-state index in [1.165, 1.54) is 154 Å². The van der Waals surface area contributed by atoms with E-state index in [-0.39, 0.29) is 19.4 Å². The van der Waals surface area contributed by atoms with Gasteiger partial charge in [0.15, 0.2) is 6.10 Å². The third kappa shape index (κ3) is 51.8. The van der Waals surface area contributed by atoms with E-state index in [1.54, 1.807) is 0 Å². The fourth-order valence-electron chi connectivity index (χ4n) is 7.99. The van der Waals surface area contributed by atoms with Crippen molar-refractivity contribution in [3.05, 3.63) is 48.6 Å². The number of rotatable bonds is 53. The molecule has 0 rings (SSSR count). The summed E-state index contributed by atoms with van der Waals surface area (Å²) in [6, 6.07) is 0. The van der Waals surface area contributed by atoms with Gasteiger partial charge < -0.3 is 24.6 Å². The molecule has 398 valence electrons. The molecule has 3 unspecified atom stereocenters. The van der Waals surface area contributed by atoms with Gasteiger partial charge in [0, 0.05) is 12.8 Å². The molecule has 0 amide bonds. The highest BCUT2D eigenvalue weighted by Gasteiger charge is 2.27. The van der Waals surface area contributed by atoms with Crippen molar-refractivity contribution >= 4 is 19.8 Å². The minimum Gasteiger partial charge on any atom is -0.462 e. The normalized spacial score (nSPS) is 13.9. The first-order chi connectivity index (χ1) is 33.2. The Morgan fingerprint density at radius 3 is 1.22 bits per heavy atom. The van der Waals surface area contributed by atoms with Gasteiger partial charge in [0.1, 0.15) is 12.7 Å². The van der Waals surface area contributed by atoms with Crippen LogP contribution < -0.4 is 0 Å². The van der Waals surface area contributed by atoms with Crippen LogP contribution in [0.25, 0.3) is 0 Å². The fourth-order valence-corrected chi connectivity index (χ4v) is 8.78. The van der Waals surface area contributed by atoms with E-state index in [0.717, 1.165) is 70.6 Å². The zero-order chi connectivity index (χ0) is 49.7. The molecule has 11 heteroatoms. The average Bonchev–Trinajstić information content (AvgIpc) is 3.33. The van der Waals surface area contributed by atoms with Crippen LogP contribution in [0.3, 0.4) is 0 Å². The molecule has 0 aromatic carbocycles. The first kappa shape index (κ1) is 65.9. The van der Waals surface area contributed by atoms with E-state index >= 15 is 0 Å². The van der Waals surface area contributed by atoms with E-state index in [9.17, 15) is 24.2 Å². The molecule has 3 atom stereocenters. The Hall–Kier alpha value is -2.07. The van der Waals surface area contributed by atoms with Crippen molar-refractivity contribution < 1.29 is 47.8 Å². The lowest BCUT2D eigenvalue weighted by molar-refractivity contribution is -0.161. The maximum absolute atomic E-state index is 12.7. The highest BCUT2D eigenvalue weighted by molar-refractivity contribution is 7.47. The Kier molecular flexibility index (Phi) is 51.1. The van der Waals surface area contributed by atoms with Gasteiger partial charge >= 0.3 is 19.8 Å². The van der Waals surface area contributed by atoms with Crippen LogP contribution in [-0.2, 0) is 32.7 Å². The second-order valence-corrected chi connectivity index (χ2v) is 20.4. The van der Waals surface area contributed by atoms with Gasteiger partial charge in [-0.3, -0.25) is 18.6 Å². The number of hydrogen-bond donors (Lipinski definition) is 3. The van der Waals surface area contributed by atoms with Gasteiger partial charge in [0.2, 0.25) is 0 Å². The van der Waals surface area contributed by atoms with Crippen LogP contribution in [0.4, 0.5) is 0 Å². The minimum absolute atomic E-state index is 0.180. The first-order valence-corrected chi connectivity index (χ1v) is 29.6. The number of allylic oxidation sites excluding steroid dienone is 8. The van der Waals surface area contributed by atoms with Crippen LogP contribution in [0.2, 0.25) is 0 Å². The molecule has 0 heterocycles. The summed E-state index contributed by atoms with van der Waals surface area (Å²) in [5.74, 6) is -0.917. The highest BCUT2D eigenvalue weighted by atomic mass is 31.2. The Labute approximate surface area is 417 Å². The number of hydrogen-bond acceptors (Lipinski definition) is 9. The summed E-state index contributed by atoms with van der Waals surface area (Å²) < 4.78 is 33.0. The molecule has 0 fully saturated rings. The van der Waals surface area contributed by atoms with Crippen LogP contribution >= 0.6 is 7.82 Å². The Bertz CT molecular complexity index is 1270. The molecule has 0 aliphatic carbocycles. The number of carbonyl (C=O) groups is 2. The maximum atomic E-state index is 12.7. The SMILES string of the molecule is CC/C=C\C/C=C\C/C=C\C/C=C\CCCCCCCCCCCCC(=O)OC(COC(=O)CCCCCCCCCCCCCCCCCCCCCCCC)COP(=O)(O)OCC(O)CO. The molecule has 0 aliphatic rings. The maximum Gasteiger partial charge on any atom is 0.472 e. The summed E-state index contributed by atoms with van der Waals surface area (Å²) in [5, 5.41) is 18.4. The minimum atomic E-state index is -4.63. The second-order valence-electron chi connectivity index (χ2n) is 18.9. The largest absolute Gasteiger partial charge is 0.472 e. The van der Waals surface area contributed by atoms with Gasteiger partial charge in [-0.05, 0) is 51.4 Å². The number of carbonyl (C=O) groups excluding carboxylic acids is 2. The summed E-state index contributed by atoms with van der Waals surface area (Å²) in [5.41, 5.74) is 0. The lowest BCUT2D eigenvalue weighted by atomic mass is 10.0. The molecule has 3 N–H and O–H groups in total. The fraction of sp³-hybridized carbons (Fsp3) is 0.825. The smallest absolute Gasteiger partial charge is 0.462 e. The number of ether oxygens (including phenoxy) is 2. The number of aliphatic hydroxyl groups is 2. The van der Waals surface area contributed by atoms with Crippen molar-refractivity contribution in [3.63, 3.8) is 0 Å². The van der Waals surface area contributed by atoms with Gasteiger partial charge in [-0.15, -0.1) is 0 Å². The number of unbranched alkanes of at least 4 members (excludes halogenated alkanes) is 31. The molecule has 0 aliphatic heterocycles. The Balaban J connectivity index is 4.11. The summed E-state index contributed by atoms with van der Waals surface area (Å²) in [7, 11) is -4.63. The lowest BCUT2D eigenvalue weighted by Gasteiger charge is -2.20. The number of phosphoric acid groups is 1. The average molecular weight is 981 g/mol. The van der Waals surface area contributed by atoms with Crippen LogP contribution in [0.5, 0.6) is 0 Å². The predicted molar refractivity (Wildman–Crippen MR) is 284 cm³/mol. The Morgan fingerprint density at radius 2 is 0.809 bits per heavy atom. The predicted octanol–water partition coefficient (Wildman–Crippen LogP) is 16.4. The van der Waals surface area contributed by atoms with Crippen molar-refractivity contribution in [2.24, 2.45) is 0 Å². The molecule has 0 saturated carbocycles. The van der Waals surface area contributed by atoms with Crippen LogP contribution in [0.15, 0.2) is 48.6 Å². The van der Waals surface area contributed by atoms with E-state index < -0.39 is 51.8 Å². The van der Waals surface area contributed by atoms with Crippen molar-refractivity contribution in [3.8, 4) is 0 Å². The van der Waals surface area contributed by atoms with Gasteiger partial charge in [-0.2, -0.15) is 0 Å². The molecule has 0 aromatic heterocycles. The summed E-state index contributed by atoms with van der Waals surface area (Å²) in [6.07, 6.45) is 60.8. The summed E-state index contributed by atoms with van der Waals surface area (Å²) >= 11 is 0. The van der Waals surface area contributed by atoms with Crippen molar-refractivity contribution in [2.45, 2.75) is 276 Å². The van der Waals surface area contributed by atoms with Gasteiger partial charge in [0.25, 0.3) is 0 Å². The summed E-state index contributed by atoms with van der Waals surface area (Å²) in [4.78, 5) is 35.3. The molecular weight excluding hydrogens is 876 g/mol. The molecule has 0 bridgehead atoms. The topological polar surface area (TPSA) is 149 Å². The van der Waals surface area contributed by atoms with Crippen molar-refractivity contribution in [1.29, 1.82) is 0 Å². The zero-order valence-corrected chi connectivity index (χ0v) is 44.7. The van der Waals surface area contributed by atoms with Gasteiger partial charge in [-0.1, -0.05) is 249 Å². The van der Waals surface area contributed by atoms with E-state index in [4.69, 9.17) is 23.6 Å². The van der Waals surface area contributed by atoms with Gasteiger partial charge in [-0.25, -0.2) is 4.57 Å². The molecule has 10 nitrogen and oxygen atoms in total. The first-order valence-electron chi connectivity index (χ1n) is 28.1. The van der Waals surface area contributed by atoms with Crippen LogP contribution in [0, 0.1) is 0 Å². The molecular formula is C57H105O10P. The molecule has 0 radical (unpaired) electrons. The quantitative estimate of drug-likeness (QED) is 0.0233. The van der Waals surface area contributed by atoms with Gasteiger partial charge in [0.05, 0.1) is 19.8 Å². The van der Waals surface area contributed by atoms with Crippen molar-refractivity contribution in [1.82, 2.24) is 0 Å². The second kappa shape index (κ2) is 52.7. The number of aliphatic hydroxyl groups excluding tert-OH is 2. The highest BCUT2D eigenvalue weighted by Crippen LogP contribution is 2.43. The van der Waals surface area contributed by atoms with Crippen molar-refractivity contribution in [2.75, 3.05) is 26.4 Å². The molecule has 0 spiro atoms. The van der Waals surface area contributed by atoms with E-state index in [0.29, 0.717) is 12.8 Å². The Morgan fingerprint density at radius 1 is 0.456 bits per heavy atom. The molecule has 0 saturated heterocycles. The van der Waals surface area contributed by atoms with E-state index in [1.807, 2.05) is 0 Å². The van der Waals surface area contributed by atoms with E-state index in [2.05, 4.69) is 62.5 Å². The standard InChI is InChI=1S/C57H105O10P/c1-3-5-7-9-11-13-15-17-19-21-23-25-27-29-31-33-35-37-39-41-43-45-47-49-57(61)67-55(53-66-68(62,63)65-51-54(59)50-58)52-64-56(60)48-46-44-42-40-38-36-34-32-30-28-26-24-22-20-18-16-14-12-10-8-6-4-2/h5,7,11,13,17,19,23,25,54-55,58-59H,3-4,6,8-10,12,14-16,18,20-22,24,26-53H2,1-2H3,(H,62,63)/b7-5-,13-11-,19-17-,25-23-. The third-order valence-corrected chi connectivity index (χ3v) is 13.2. The number of phosphoric ester groups is 1. The lowest BCUT2D eigenvalue weighted by Crippen LogP contribution is -2.29. The molecule has 0 aromatic rings.